The van der Waals surface area contributed by atoms with E-state index in [0.29, 0.717) is 34.3 Å². The molecule has 1 N–H and O–H groups in total. The van der Waals surface area contributed by atoms with E-state index in [2.05, 4.69) is 0 Å². The molecular formula is C26H26O7. The van der Waals surface area contributed by atoms with Gasteiger partial charge in [0.1, 0.15) is 5.75 Å². The molecule has 0 fully saturated rings. The van der Waals surface area contributed by atoms with Crippen LogP contribution < -0.4 is 23.7 Å². The van der Waals surface area contributed by atoms with E-state index in [9.17, 15) is 9.90 Å². The molecule has 0 radical (unpaired) electrons. The second-order valence-corrected chi connectivity index (χ2v) is 6.96. The Kier molecular flexibility index (Phi) is 7.46. The molecule has 0 aliphatic carbocycles. The van der Waals surface area contributed by atoms with Gasteiger partial charge in [-0.2, -0.15) is 0 Å². The van der Waals surface area contributed by atoms with Gasteiger partial charge in [0.25, 0.3) is 0 Å². The third-order valence-corrected chi connectivity index (χ3v) is 5.09. The Bertz CT molecular complexity index is 1160. The first-order chi connectivity index (χ1) is 15.9. The molecule has 0 saturated heterocycles. The molecule has 0 aliphatic rings. The van der Waals surface area contributed by atoms with E-state index >= 15 is 0 Å². The predicted octanol–water partition coefficient (Wildman–Crippen LogP) is 5.00. The maximum absolute atomic E-state index is 12.9. The summed E-state index contributed by atoms with van der Waals surface area (Å²) in [6, 6.07) is 13.8. The van der Waals surface area contributed by atoms with Gasteiger partial charge in [0, 0.05) is 0 Å². The van der Waals surface area contributed by atoms with Gasteiger partial charge in [-0.1, -0.05) is 18.2 Å². The number of ether oxygens (including phenoxy) is 5. The number of allylic oxidation sites excluding steroid dienone is 1. The van der Waals surface area contributed by atoms with Crippen LogP contribution in [0.3, 0.4) is 0 Å². The quantitative estimate of drug-likeness (QED) is 0.363. The monoisotopic (exact) mass is 450 g/mol. The lowest BCUT2D eigenvalue weighted by Crippen LogP contribution is -1.97. The number of rotatable bonds is 9. The van der Waals surface area contributed by atoms with Crippen molar-refractivity contribution in [1.29, 1.82) is 0 Å². The number of methoxy groups -OCH3 is 5. The topological polar surface area (TPSA) is 83.5 Å². The maximum Gasteiger partial charge on any atom is 0.203 e. The van der Waals surface area contributed by atoms with Gasteiger partial charge in [0.05, 0.1) is 41.1 Å². The second kappa shape index (κ2) is 10.5. The van der Waals surface area contributed by atoms with Gasteiger partial charge < -0.3 is 28.8 Å². The molecule has 0 bridgehead atoms. The average molecular weight is 450 g/mol. The first-order valence-electron chi connectivity index (χ1n) is 10.0. The smallest absolute Gasteiger partial charge is 0.203 e. The Morgan fingerprint density at radius 2 is 1.27 bits per heavy atom. The van der Waals surface area contributed by atoms with Crippen molar-refractivity contribution in [2.75, 3.05) is 35.5 Å². The molecule has 0 amide bonds. The third kappa shape index (κ3) is 5.03. The van der Waals surface area contributed by atoms with Gasteiger partial charge in [0.2, 0.25) is 5.75 Å². The van der Waals surface area contributed by atoms with Gasteiger partial charge in [-0.3, -0.25) is 4.79 Å². The van der Waals surface area contributed by atoms with Crippen LogP contribution in [-0.2, 0) is 0 Å². The van der Waals surface area contributed by atoms with Gasteiger partial charge in [0.15, 0.2) is 28.8 Å². The van der Waals surface area contributed by atoms with E-state index in [0.717, 1.165) is 11.1 Å². The van der Waals surface area contributed by atoms with Crippen molar-refractivity contribution in [3.05, 3.63) is 65.7 Å². The molecule has 7 heteroatoms. The van der Waals surface area contributed by atoms with Gasteiger partial charge >= 0.3 is 0 Å². The Balaban J connectivity index is 1.93. The zero-order chi connectivity index (χ0) is 24.0. The van der Waals surface area contributed by atoms with E-state index in [4.69, 9.17) is 23.7 Å². The minimum atomic E-state index is -0.358. The lowest BCUT2D eigenvalue weighted by molar-refractivity contribution is 0.104. The molecule has 3 rings (SSSR count). The highest BCUT2D eigenvalue weighted by Gasteiger charge is 2.14. The van der Waals surface area contributed by atoms with Crippen LogP contribution in [0.2, 0.25) is 0 Å². The molecule has 0 saturated carbocycles. The largest absolute Gasteiger partial charge is 0.507 e. The number of ketones is 1. The van der Waals surface area contributed by atoms with Crippen LogP contribution in [0, 0.1) is 0 Å². The lowest BCUT2D eigenvalue weighted by atomic mass is 9.99. The molecular weight excluding hydrogens is 424 g/mol. The summed E-state index contributed by atoms with van der Waals surface area (Å²) in [7, 11) is 7.69. The predicted molar refractivity (Wildman–Crippen MR) is 126 cm³/mol. The van der Waals surface area contributed by atoms with Gasteiger partial charge in [-0.15, -0.1) is 0 Å². The standard InChI is InChI=1S/C26H26O7/c1-29-22-11-8-18(15-23(22)30-2)17-7-10-21(28)19(14-17)20(27)9-6-16-12-24(31-3)26(33-5)25(13-16)32-4/h6-15,28H,1-5H3/b9-6+. The molecule has 3 aromatic carbocycles. The number of aromatic hydroxyl groups is 1. The molecule has 0 aromatic heterocycles. The molecule has 33 heavy (non-hydrogen) atoms. The average Bonchev–Trinajstić information content (AvgIpc) is 2.86. The molecule has 3 aromatic rings. The number of carbonyl (C=O) groups is 1. The number of phenolic OH excluding ortho intramolecular Hbond substituents is 1. The summed E-state index contributed by atoms with van der Waals surface area (Å²) in [6.45, 7) is 0. The summed E-state index contributed by atoms with van der Waals surface area (Å²) in [5, 5.41) is 10.3. The fourth-order valence-electron chi connectivity index (χ4n) is 3.39. The van der Waals surface area contributed by atoms with Crippen molar-refractivity contribution in [2.45, 2.75) is 0 Å². The molecule has 0 aliphatic heterocycles. The van der Waals surface area contributed by atoms with Crippen LogP contribution in [-0.4, -0.2) is 46.4 Å². The minimum Gasteiger partial charge on any atom is -0.507 e. The number of hydrogen-bond donors (Lipinski definition) is 1. The highest BCUT2D eigenvalue weighted by atomic mass is 16.5. The van der Waals surface area contributed by atoms with Crippen molar-refractivity contribution >= 4 is 11.9 Å². The third-order valence-electron chi connectivity index (χ3n) is 5.09. The number of hydrogen-bond acceptors (Lipinski definition) is 7. The summed E-state index contributed by atoms with van der Waals surface area (Å²) in [4.78, 5) is 12.9. The summed E-state index contributed by atoms with van der Waals surface area (Å²) >= 11 is 0. The summed E-state index contributed by atoms with van der Waals surface area (Å²) in [5.41, 5.74) is 2.41. The number of phenols is 1. The molecule has 0 atom stereocenters. The van der Waals surface area contributed by atoms with Crippen molar-refractivity contribution in [3.8, 4) is 45.6 Å². The van der Waals surface area contributed by atoms with Gasteiger partial charge in [-0.25, -0.2) is 0 Å². The van der Waals surface area contributed by atoms with E-state index in [1.807, 2.05) is 12.1 Å². The summed E-state index contributed by atoms with van der Waals surface area (Å²) in [5.74, 6) is 2.11. The summed E-state index contributed by atoms with van der Waals surface area (Å²) in [6.07, 6.45) is 3.00. The van der Waals surface area contributed by atoms with Crippen molar-refractivity contribution in [1.82, 2.24) is 0 Å². The highest BCUT2D eigenvalue weighted by molar-refractivity contribution is 6.09. The van der Waals surface area contributed by atoms with Crippen LogP contribution in [0.1, 0.15) is 15.9 Å². The lowest BCUT2D eigenvalue weighted by Gasteiger charge is -2.13. The maximum atomic E-state index is 12.9. The zero-order valence-corrected chi connectivity index (χ0v) is 19.2. The summed E-state index contributed by atoms with van der Waals surface area (Å²) < 4.78 is 26.6. The molecule has 0 spiro atoms. The van der Waals surface area contributed by atoms with Crippen LogP contribution in [0.5, 0.6) is 34.5 Å². The van der Waals surface area contributed by atoms with E-state index in [1.54, 1.807) is 50.6 Å². The second-order valence-electron chi connectivity index (χ2n) is 6.96. The van der Waals surface area contributed by atoms with E-state index in [-0.39, 0.29) is 17.1 Å². The van der Waals surface area contributed by atoms with E-state index < -0.39 is 0 Å². The first-order valence-corrected chi connectivity index (χ1v) is 10.0. The van der Waals surface area contributed by atoms with Crippen LogP contribution in [0.15, 0.2) is 54.6 Å². The van der Waals surface area contributed by atoms with Crippen molar-refractivity contribution in [3.63, 3.8) is 0 Å². The van der Waals surface area contributed by atoms with Crippen LogP contribution in [0.4, 0.5) is 0 Å². The Labute approximate surface area is 192 Å². The molecule has 7 nitrogen and oxygen atoms in total. The van der Waals surface area contributed by atoms with Gasteiger partial charge in [-0.05, 0) is 59.2 Å². The SMILES string of the molecule is COc1ccc(-c2ccc(O)c(C(=O)/C=C/c3cc(OC)c(OC)c(OC)c3)c2)cc1OC. The Morgan fingerprint density at radius 3 is 1.85 bits per heavy atom. The normalized spacial score (nSPS) is 10.7. The molecule has 0 heterocycles. The number of benzene rings is 3. The minimum absolute atomic E-state index is 0.112. The molecule has 172 valence electrons. The zero-order valence-electron chi connectivity index (χ0n) is 19.2. The van der Waals surface area contributed by atoms with E-state index in [1.165, 1.54) is 33.5 Å². The Morgan fingerprint density at radius 1 is 0.697 bits per heavy atom. The molecule has 0 unspecified atom stereocenters. The number of carbonyl (C=O) groups excluding carboxylic acids is 1. The van der Waals surface area contributed by atoms with Crippen LogP contribution >= 0.6 is 0 Å². The van der Waals surface area contributed by atoms with Crippen molar-refractivity contribution < 1.29 is 33.6 Å². The fourth-order valence-corrected chi connectivity index (χ4v) is 3.39. The van der Waals surface area contributed by atoms with Crippen LogP contribution in [0.25, 0.3) is 17.2 Å². The Hall–Kier alpha value is -4.13. The highest BCUT2D eigenvalue weighted by Crippen LogP contribution is 2.39. The first kappa shape index (κ1) is 23.5. The van der Waals surface area contributed by atoms with Crippen molar-refractivity contribution in [2.24, 2.45) is 0 Å². The fraction of sp³-hybridized carbons (Fsp3) is 0.192.